The molecule has 114 valence electrons. The summed E-state index contributed by atoms with van der Waals surface area (Å²) in [5.74, 6) is 3.15. The molecular weight excluding hydrogens is 264 g/mol. The molecule has 4 heteroatoms. The van der Waals surface area contributed by atoms with Crippen LogP contribution in [-0.2, 0) is 6.54 Å². The number of rotatable bonds is 4. The van der Waals surface area contributed by atoms with Crippen LogP contribution in [0.4, 0.5) is 0 Å². The first-order valence-corrected chi connectivity index (χ1v) is 8.54. The highest BCUT2D eigenvalue weighted by Crippen LogP contribution is 2.57. The van der Waals surface area contributed by atoms with Gasteiger partial charge in [-0.3, -0.25) is 0 Å². The van der Waals surface area contributed by atoms with Crippen molar-refractivity contribution >= 4 is 0 Å². The Morgan fingerprint density at radius 3 is 2.67 bits per heavy atom. The molecule has 1 aromatic rings. The standard InChI is InChI=1S/C17H24N2O2/c20-17-7-11-3-12(8-17)6-16(5-11,10-17)18-9-14-4-15(21-19-14)13-1-2-13/h4,11-13,18,20H,1-3,5-10H2. The second-order valence-electron chi connectivity index (χ2n) is 8.31. The van der Waals surface area contributed by atoms with Gasteiger partial charge >= 0.3 is 0 Å². The molecule has 4 bridgehead atoms. The van der Waals surface area contributed by atoms with Crippen molar-refractivity contribution < 1.29 is 9.63 Å². The van der Waals surface area contributed by atoms with E-state index in [9.17, 15) is 5.11 Å². The molecular formula is C17H24N2O2. The van der Waals surface area contributed by atoms with Gasteiger partial charge in [-0.15, -0.1) is 0 Å². The summed E-state index contributed by atoms with van der Waals surface area (Å²) < 4.78 is 5.44. The molecule has 6 rings (SSSR count). The Bertz CT molecular complexity index is 549. The van der Waals surface area contributed by atoms with Crippen molar-refractivity contribution in [2.24, 2.45) is 11.8 Å². The van der Waals surface area contributed by atoms with E-state index in [1.54, 1.807) is 0 Å². The van der Waals surface area contributed by atoms with Gasteiger partial charge in [0.25, 0.3) is 0 Å². The van der Waals surface area contributed by atoms with Gasteiger partial charge in [-0.05, 0) is 63.2 Å². The van der Waals surface area contributed by atoms with E-state index < -0.39 is 0 Å². The Kier molecular flexibility index (Phi) is 2.47. The molecule has 5 aliphatic carbocycles. The van der Waals surface area contributed by atoms with Gasteiger partial charge < -0.3 is 14.9 Å². The third kappa shape index (κ3) is 2.15. The van der Waals surface area contributed by atoms with Crippen LogP contribution in [0.2, 0.25) is 0 Å². The average molecular weight is 288 g/mol. The van der Waals surface area contributed by atoms with Gasteiger partial charge in [-0.2, -0.15) is 0 Å². The molecule has 4 nitrogen and oxygen atoms in total. The zero-order chi connectivity index (χ0) is 14.1. The Labute approximate surface area is 125 Å². The quantitative estimate of drug-likeness (QED) is 0.894. The zero-order valence-electron chi connectivity index (χ0n) is 12.5. The van der Waals surface area contributed by atoms with Crippen LogP contribution in [0.3, 0.4) is 0 Å². The minimum atomic E-state index is -0.389. The molecule has 5 fully saturated rings. The zero-order valence-corrected chi connectivity index (χ0v) is 12.5. The Morgan fingerprint density at radius 1 is 1.24 bits per heavy atom. The van der Waals surface area contributed by atoms with E-state index in [1.165, 1.54) is 32.1 Å². The van der Waals surface area contributed by atoms with Gasteiger partial charge in [0.1, 0.15) is 5.76 Å². The van der Waals surface area contributed by atoms with E-state index in [0.29, 0.717) is 5.92 Å². The monoisotopic (exact) mass is 288 g/mol. The van der Waals surface area contributed by atoms with Gasteiger partial charge in [-0.1, -0.05) is 5.16 Å². The van der Waals surface area contributed by atoms with Crippen molar-refractivity contribution in [3.05, 3.63) is 17.5 Å². The van der Waals surface area contributed by atoms with E-state index >= 15 is 0 Å². The molecule has 0 amide bonds. The second-order valence-corrected chi connectivity index (χ2v) is 8.31. The third-order valence-electron chi connectivity index (χ3n) is 6.23. The fraction of sp³-hybridized carbons (Fsp3) is 0.824. The van der Waals surface area contributed by atoms with E-state index in [1.807, 2.05) is 0 Å². The molecule has 0 saturated heterocycles. The maximum Gasteiger partial charge on any atom is 0.140 e. The summed E-state index contributed by atoms with van der Waals surface area (Å²) in [4.78, 5) is 0. The molecule has 0 radical (unpaired) electrons. The average Bonchev–Trinajstić information content (AvgIpc) is 3.13. The van der Waals surface area contributed by atoms with Crippen molar-refractivity contribution in [3.63, 3.8) is 0 Å². The summed E-state index contributed by atoms with van der Waals surface area (Å²) in [6.45, 7) is 0.783. The molecule has 0 aromatic carbocycles. The molecule has 1 aromatic heterocycles. The fourth-order valence-electron chi connectivity index (χ4n) is 5.67. The number of nitrogens with zero attached hydrogens (tertiary/aromatic N) is 1. The highest BCUT2D eigenvalue weighted by atomic mass is 16.5. The topological polar surface area (TPSA) is 58.3 Å². The first-order chi connectivity index (χ1) is 10.1. The second kappa shape index (κ2) is 4.11. The van der Waals surface area contributed by atoms with E-state index in [-0.39, 0.29) is 11.1 Å². The van der Waals surface area contributed by atoms with Gasteiger partial charge in [0.05, 0.1) is 11.3 Å². The van der Waals surface area contributed by atoms with Gasteiger partial charge in [-0.25, -0.2) is 0 Å². The van der Waals surface area contributed by atoms with Crippen LogP contribution >= 0.6 is 0 Å². The molecule has 21 heavy (non-hydrogen) atoms. The Morgan fingerprint density at radius 2 is 2.00 bits per heavy atom. The molecule has 0 spiro atoms. The van der Waals surface area contributed by atoms with Crippen LogP contribution in [0.25, 0.3) is 0 Å². The third-order valence-corrected chi connectivity index (χ3v) is 6.23. The summed E-state index contributed by atoms with van der Waals surface area (Å²) in [6.07, 6.45) is 9.30. The van der Waals surface area contributed by atoms with Crippen LogP contribution in [0.5, 0.6) is 0 Å². The lowest BCUT2D eigenvalue weighted by molar-refractivity contribution is -0.142. The molecule has 1 heterocycles. The van der Waals surface area contributed by atoms with Crippen LogP contribution in [0.15, 0.2) is 10.6 Å². The summed E-state index contributed by atoms with van der Waals surface area (Å²) in [7, 11) is 0. The number of aromatic nitrogens is 1. The number of hydrogen-bond acceptors (Lipinski definition) is 4. The molecule has 2 atom stereocenters. The Hall–Kier alpha value is -0.870. The highest BCUT2D eigenvalue weighted by Gasteiger charge is 2.56. The van der Waals surface area contributed by atoms with E-state index in [0.717, 1.165) is 49.1 Å². The van der Waals surface area contributed by atoms with Crippen molar-refractivity contribution in [3.8, 4) is 0 Å². The van der Waals surface area contributed by atoms with Gasteiger partial charge in [0.2, 0.25) is 0 Å². The summed E-state index contributed by atoms with van der Waals surface area (Å²) in [5, 5.41) is 18.7. The first kappa shape index (κ1) is 12.7. The maximum atomic E-state index is 10.8. The minimum Gasteiger partial charge on any atom is -0.390 e. The van der Waals surface area contributed by atoms with E-state index in [2.05, 4.69) is 16.5 Å². The van der Waals surface area contributed by atoms with Crippen molar-refractivity contribution in [1.29, 1.82) is 0 Å². The maximum absolute atomic E-state index is 10.8. The van der Waals surface area contributed by atoms with Crippen molar-refractivity contribution in [2.75, 3.05) is 0 Å². The molecule has 2 unspecified atom stereocenters. The lowest BCUT2D eigenvalue weighted by atomic mass is 9.51. The number of nitrogens with one attached hydrogen (secondary N) is 1. The number of hydrogen-bond donors (Lipinski definition) is 2. The summed E-state index contributed by atoms with van der Waals surface area (Å²) in [5.41, 5.74) is 0.789. The van der Waals surface area contributed by atoms with E-state index in [4.69, 9.17) is 4.52 Å². The Balaban J connectivity index is 1.31. The largest absolute Gasteiger partial charge is 0.390 e. The van der Waals surface area contributed by atoms with Crippen LogP contribution in [0, 0.1) is 11.8 Å². The molecule has 2 N–H and O–H groups in total. The van der Waals surface area contributed by atoms with Crippen molar-refractivity contribution in [1.82, 2.24) is 10.5 Å². The predicted molar refractivity (Wildman–Crippen MR) is 77.7 cm³/mol. The fourth-order valence-corrected chi connectivity index (χ4v) is 5.67. The highest BCUT2D eigenvalue weighted by molar-refractivity contribution is 5.16. The summed E-state index contributed by atoms with van der Waals surface area (Å²) in [6, 6.07) is 2.12. The minimum absolute atomic E-state index is 0.150. The normalized spacial score (nSPS) is 44.4. The van der Waals surface area contributed by atoms with Gasteiger partial charge in [0, 0.05) is 24.1 Å². The SMILES string of the molecule is OC12CC3CC(C1)CC(NCc1cc(C4CC4)on1)(C3)C2. The van der Waals surface area contributed by atoms with Crippen LogP contribution < -0.4 is 5.32 Å². The van der Waals surface area contributed by atoms with Gasteiger partial charge in [0.15, 0.2) is 0 Å². The lowest BCUT2D eigenvalue weighted by Crippen LogP contribution is -2.64. The predicted octanol–water partition coefficient (Wildman–Crippen LogP) is 2.73. The van der Waals surface area contributed by atoms with Crippen LogP contribution in [0.1, 0.15) is 68.7 Å². The lowest BCUT2D eigenvalue weighted by Gasteiger charge is -2.60. The smallest absolute Gasteiger partial charge is 0.140 e. The van der Waals surface area contributed by atoms with Crippen LogP contribution in [-0.4, -0.2) is 21.4 Å². The molecule has 5 aliphatic rings. The first-order valence-electron chi connectivity index (χ1n) is 8.54. The molecule has 0 aliphatic heterocycles. The summed E-state index contributed by atoms with van der Waals surface area (Å²) >= 11 is 0. The number of aliphatic hydroxyl groups is 1. The molecule has 5 saturated carbocycles. The van der Waals surface area contributed by atoms with Crippen molar-refractivity contribution in [2.45, 2.75) is 75.0 Å².